The average molecular weight is 391 g/mol. The number of amides is 1. The lowest BCUT2D eigenvalue weighted by Crippen LogP contribution is -2.07. The standard InChI is InChI=1S/C23H25N3O3/c1-4-14-29-20-10-8-17(15-21(20)28-3)9-11-22(27)25-19-7-5-6-18(16-19)23-24-12-13-26(23)2/h5-13,15-16H,4,14H2,1-3H3,(H,25,27)/b11-9+. The minimum Gasteiger partial charge on any atom is -0.493 e. The summed E-state index contributed by atoms with van der Waals surface area (Å²) in [7, 11) is 3.53. The van der Waals surface area contributed by atoms with Gasteiger partial charge in [0.25, 0.3) is 0 Å². The fourth-order valence-electron chi connectivity index (χ4n) is 2.85. The van der Waals surface area contributed by atoms with Crippen LogP contribution in [0, 0.1) is 0 Å². The number of imidazole rings is 1. The first-order valence-electron chi connectivity index (χ1n) is 9.48. The Morgan fingerprint density at radius 1 is 1.21 bits per heavy atom. The Morgan fingerprint density at radius 3 is 2.79 bits per heavy atom. The van der Waals surface area contributed by atoms with E-state index in [9.17, 15) is 4.79 Å². The summed E-state index contributed by atoms with van der Waals surface area (Å²) in [5.74, 6) is 1.97. The van der Waals surface area contributed by atoms with Crippen LogP contribution in [0.4, 0.5) is 5.69 Å². The zero-order valence-electron chi connectivity index (χ0n) is 16.9. The van der Waals surface area contributed by atoms with Gasteiger partial charge in [-0.15, -0.1) is 0 Å². The van der Waals surface area contributed by atoms with Gasteiger partial charge in [0, 0.05) is 36.8 Å². The molecule has 1 N–H and O–H groups in total. The maximum absolute atomic E-state index is 12.3. The van der Waals surface area contributed by atoms with Crippen molar-refractivity contribution in [1.82, 2.24) is 9.55 Å². The van der Waals surface area contributed by atoms with Gasteiger partial charge in [0.2, 0.25) is 5.91 Å². The molecule has 0 fully saturated rings. The Kier molecular flexibility index (Phi) is 6.68. The molecule has 0 aliphatic carbocycles. The molecule has 0 saturated heterocycles. The van der Waals surface area contributed by atoms with Crippen LogP contribution in [0.5, 0.6) is 11.5 Å². The van der Waals surface area contributed by atoms with E-state index in [1.807, 2.05) is 67.2 Å². The van der Waals surface area contributed by atoms with Crippen LogP contribution in [0.25, 0.3) is 17.5 Å². The molecule has 0 radical (unpaired) electrons. The first-order valence-corrected chi connectivity index (χ1v) is 9.48. The number of ether oxygens (including phenoxy) is 2. The minimum absolute atomic E-state index is 0.215. The number of methoxy groups -OCH3 is 1. The Labute approximate surface area is 170 Å². The van der Waals surface area contributed by atoms with Gasteiger partial charge >= 0.3 is 0 Å². The molecule has 150 valence electrons. The number of rotatable bonds is 8. The van der Waals surface area contributed by atoms with Crippen molar-refractivity contribution in [3.8, 4) is 22.9 Å². The maximum atomic E-state index is 12.3. The van der Waals surface area contributed by atoms with Crippen LogP contribution in [-0.2, 0) is 11.8 Å². The quantitative estimate of drug-likeness (QED) is 0.573. The van der Waals surface area contributed by atoms with Crippen LogP contribution >= 0.6 is 0 Å². The summed E-state index contributed by atoms with van der Waals surface area (Å²) in [4.78, 5) is 16.7. The number of aryl methyl sites for hydroxylation is 1. The van der Waals surface area contributed by atoms with Crippen LogP contribution in [0.2, 0.25) is 0 Å². The molecule has 3 aromatic rings. The monoisotopic (exact) mass is 391 g/mol. The van der Waals surface area contributed by atoms with Gasteiger partial charge in [-0.05, 0) is 42.3 Å². The number of carbonyl (C=O) groups is 1. The lowest BCUT2D eigenvalue weighted by atomic mass is 10.1. The summed E-state index contributed by atoms with van der Waals surface area (Å²) >= 11 is 0. The Bertz CT molecular complexity index is 1010. The number of hydrogen-bond acceptors (Lipinski definition) is 4. The molecule has 0 unspecified atom stereocenters. The van der Waals surface area contributed by atoms with Gasteiger partial charge in [-0.25, -0.2) is 4.98 Å². The molecule has 0 aliphatic rings. The highest BCUT2D eigenvalue weighted by molar-refractivity contribution is 6.02. The second-order valence-electron chi connectivity index (χ2n) is 6.52. The topological polar surface area (TPSA) is 65.4 Å². The van der Waals surface area contributed by atoms with Gasteiger partial charge < -0.3 is 19.4 Å². The molecule has 0 aliphatic heterocycles. The number of nitrogens with zero attached hydrogens (tertiary/aromatic N) is 2. The number of anilines is 1. The van der Waals surface area contributed by atoms with E-state index >= 15 is 0 Å². The van der Waals surface area contributed by atoms with Crippen LogP contribution < -0.4 is 14.8 Å². The van der Waals surface area contributed by atoms with E-state index in [4.69, 9.17) is 9.47 Å². The Balaban J connectivity index is 1.68. The van der Waals surface area contributed by atoms with Crippen molar-refractivity contribution in [3.05, 3.63) is 66.5 Å². The first-order chi connectivity index (χ1) is 14.1. The fourth-order valence-corrected chi connectivity index (χ4v) is 2.85. The Hall–Kier alpha value is -3.54. The third-order valence-corrected chi connectivity index (χ3v) is 4.29. The summed E-state index contributed by atoms with van der Waals surface area (Å²) in [6.07, 6.45) is 7.79. The second-order valence-corrected chi connectivity index (χ2v) is 6.52. The van der Waals surface area contributed by atoms with E-state index < -0.39 is 0 Å². The van der Waals surface area contributed by atoms with Crippen LogP contribution in [-0.4, -0.2) is 29.2 Å². The smallest absolute Gasteiger partial charge is 0.248 e. The van der Waals surface area contributed by atoms with Crippen molar-refractivity contribution in [2.24, 2.45) is 7.05 Å². The molecular weight excluding hydrogens is 366 g/mol. The molecule has 1 amide bonds. The molecule has 1 heterocycles. The molecule has 6 heteroatoms. The first kappa shape index (κ1) is 20.2. The molecule has 0 atom stereocenters. The second kappa shape index (κ2) is 9.59. The van der Waals surface area contributed by atoms with E-state index in [0.717, 1.165) is 23.4 Å². The lowest BCUT2D eigenvalue weighted by Gasteiger charge is -2.10. The van der Waals surface area contributed by atoms with Crippen molar-refractivity contribution in [2.75, 3.05) is 19.0 Å². The van der Waals surface area contributed by atoms with Crippen molar-refractivity contribution < 1.29 is 14.3 Å². The predicted molar refractivity (Wildman–Crippen MR) is 115 cm³/mol. The van der Waals surface area contributed by atoms with Crippen molar-refractivity contribution in [2.45, 2.75) is 13.3 Å². The molecule has 29 heavy (non-hydrogen) atoms. The maximum Gasteiger partial charge on any atom is 0.248 e. The van der Waals surface area contributed by atoms with Gasteiger partial charge in [0.05, 0.1) is 13.7 Å². The average Bonchev–Trinajstić information content (AvgIpc) is 3.17. The van der Waals surface area contributed by atoms with E-state index in [1.165, 1.54) is 6.08 Å². The largest absolute Gasteiger partial charge is 0.493 e. The number of aromatic nitrogens is 2. The fraction of sp³-hybridized carbons (Fsp3) is 0.217. The summed E-state index contributed by atoms with van der Waals surface area (Å²) in [6.45, 7) is 2.68. The predicted octanol–water partition coefficient (Wildman–Crippen LogP) is 4.54. The van der Waals surface area contributed by atoms with Gasteiger partial charge in [0.1, 0.15) is 5.82 Å². The van der Waals surface area contributed by atoms with E-state index in [0.29, 0.717) is 23.8 Å². The van der Waals surface area contributed by atoms with Crippen molar-refractivity contribution in [1.29, 1.82) is 0 Å². The molecule has 1 aromatic heterocycles. The molecule has 0 spiro atoms. The SMILES string of the molecule is CCCOc1ccc(/C=C/C(=O)Nc2cccc(-c3nccn3C)c2)cc1OC. The van der Waals surface area contributed by atoms with Crippen LogP contribution in [0.1, 0.15) is 18.9 Å². The molecule has 0 saturated carbocycles. The molecular formula is C23H25N3O3. The highest BCUT2D eigenvalue weighted by atomic mass is 16.5. The van der Waals surface area contributed by atoms with E-state index in [-0.39, 0.29) is 5.91 Å². The Morgan fingerprint density at radius 2 is 2.07 bits per heavy atom. The van der Waals surface area contributed by atoms with Gasteiger partial charge in [-0.1, -0.05) is 25.1 Å². The highest BCUT2D eigenvalue weighted by Crippen LogP contribution is 2.28. The number of carbonyl (C=O) groups excluding carboxylic acids is 1. The van der Waals surface area contributed by atoms with Gasteiger partial charge in [0.15, 0.2) is 11.5 Å². The third kappa shape index (κ3) is 5.25. The summed E-state index contributed by atoms with van der Waals surface area (Å²) in [5, 5.41) is 2.88. The number of hydrogen-bond donors (Lipinski definition) is 1. The van der Waals surface area contributed by atoms with E-state index in [1.54, 1.807) is 19.4 Å². The van der Waals surface area contributed by atoms with Crippen LogP contribution in [0.3, 0.4) is 0 Å². The van der Waals surface area contributed by atoms with Gasteiger partial charge in [-0.3, -0.25) is 4.79 Å². The zero-order chi connectivity index (χ0) is 20.6. The van der Waals surface area contributed by atoms with Gasteiger partial charge in [-0.2, -0.15) is 0 Å². The molecule has 2 aromatic carbocycles. The number of benzene rings is 2. The molecule has 6 nitrogen and oxygen atoms in total. The summed E-state index contributed by atoms with van der Waals surface area (Å²) in [5.41, 5.74) is 2.50. The summed E-state index contributed by atoms with van der Waals surface area (Å²) in [6, 6.07) is 13.2. The van der Waals surface area contributed by atoms with Crippen molar-refractivity contribution in [3.63, 3.8) is 0 Å². The minimum atomic E-state index is -0.215. The number of nitrogens with one attached hydrogen (secondary N) is 1. The lowest BCUT2D eigenvalue weighted by molar-refractivity contribution is -0.111. The molecule has 3 rings (SSSR count). The van der Waals surface area contributed by atoms with E-state index in [2.05, 4.69) is 10.3 Å². The highest BCUT2D eigenvalue weighted by Gasteiger charge is 2.07. The van der Waals surface area contributed by atoms with Crippen molar-refractivity contribution >= 4 is 17.7 Å². The normalized spacial score (nSPS) is 10.9. The zero-order valence-corrected chi connectivity index (χ0v) is 16.9. The third-order valence-electron chi connectivity index (χ3n) is 4.29. The summed E-state index contributed by atoms with van der Waals surface area (Å²) < 4.78 is 13.0. The van der Waals surface area contributed by atoms with Crippen LogP contribution in [0.15, 0.2) is 60.9 Å². The molecule has 0 bridgehead atoms.